The summed E-state index contributed by atoms with van der Waals surface area (Å²) in [6.45, 7) is 1.43. The number of rotatable bonds is 1. The summed E-state index contributed by atoms with van der Waals surface area (Å²) >= 11 is 0. The normalized spacial score (nSPS) is 9.55. The minimum atomic E-state index is -0.0949. The second-order valence-electron chi connectivity index (χ2n) is 2.33. The Kier molecular flexibility index (Phi) is 1.81. The molecule has 0 saturated carbocycles. The molecule has 0 fully saturated rings. The van der Waals surface area contributed by atoms with Crippen LogP contribution >= 0.6 is 0 Å². The Balaban J connectivity index is 3.20. The van der Waals surface area contributed by atoms with Gasteiger partial charge in [0.25, 0.3) is 0 Å². The van der Waals surface area contributed by atoms with E-state index in [1.54, 1.807) is 0 Å². The van der Waals surface area contributed by atoms with E-state index in [0.717, 1.165) is 0 Å². The van der Waals surface area contributed by atoms with Crippen molar-refractivity contribution in [2.24, 2.45) is 0 Å². The van der Waals surface area contributed by atoms with E-state index in [0.29, 0.717) is 11.3 Å². The molecule has 58 valence electrons. The van der Waals surface area contributed by atoms with E-state index in [4.69, 9.17) is 10.8 Å². The molecule has 0 atom stereocenters. The van der Waals surface area contributed by atoms with Crippen molar-refractivity contribution >= 4 is 11.5 Å². The van der Waals surface area contributed by atoms with E-state index in [1.807, 2.05) is 0 Å². The number of ketones is 1. The van der Waals surface area contributed by atoms with Crippen molar-refractivity contribution in [3.8, 4) is 5.75 Å². The van der Waals surface area contributed by atoms with Gasteiger partial charge in [0.2, 0.25) is 0 Å². The molecular weight excluding hydrogens is 142 g/mol. The van der Waals surface area contributed by atoms with Gasteiger partial charge >= 0.3 is 0 Å². The fourth-order valence-electron chi connectivity index (χ4n) is 0.871. The maximum absolute atomic E-state index is 10.8. The van der Waals surface area contributed by atoms with Crippen molar-refractivity contribution in [1.82, 2.24) is 0 Å². The van der Waals surface area contributed by atoms with E-state index in [1.165, 1.54) is 25.1 Å². The average Bonchev–Trinajstić information content (AvgIpc) is 1.85. The Morgan fingerprint density at radius 2 is 2.18 bits per heavy atom. The smallest absolute Gasteiger partial charge is 0.161 e. The van der Waals surface area contributed by atoms with Crippen molar-refractivity contribution in [1.29, 1.82) is 0 Å². The molecule has 0 aliphatic heterocycles. The highest BCUT2D eigenvalue weighted by Crippen LogP contribution is 2.18. The van der Waals surface area contributed by atoms with Gasteiger partial charge in [-0.15, -0.1) is 0 Å². The van der Waals surface area contributed by atoms with E-state index >= 15 is 0 Å². The van der Waals surface area contributed by atoms with Crippen molar-refractivity contribution < 1.29 is 9.90 Å². The summed E-state index contributed by atoms with van der Waals surface area (Å²) in [5, 5.41) is 8.93. The van der Waals surface area contributed by atoms with Crippen LogP contribution in [0.3, 0.4) is 0 Å². The second kappa shape index (κ2) is 2.62. The first-order valence-corrected chi connectivity index (χ1v) is 3.20. The Bertz CT molecular complexity index is 294. The molecule has 1 aromatic carbocycles. The number of hydrogen-bond acceptors (Lipinski definition) is 3. The minimum absolute atomic E-state index is 0.0764. The van der Waals surface area contributed by atoms with Crippen molar-refractivity contribution in [3.63, 3.8) is 0 Å². The molecule has 0 bridgehead atoms. The van der Waals surface area contributed by atoms with Crippen LogP contribution in [-0.2, 0) is 0 Å². The summed E-state index contributed by atoms with van der Waals surface area (Å²) in [4.78, 5) is 10.8. The molecule has 1 aromatic rings. The number of hydrogen-bond donors (Lipinski definition) is 2. The molecular formula is C8H9NO2. The molecule has 0 spiro atoms. The molecule has 0 aliphatic rings. The number of nitrogens with two attached hydrogens (primary N) is 1. The molecule has 0 radical (unpaired) electrons. The van der Waals surface area contributed by atoms with Gasteiger partial charge in [0, 0.05) is 17.3 Å². The van der Waals surface area contributed by atoms with Gasteiger partial charge in [0.15, 0.2) is 5.78 Å². The number of anilines is 1. The lowest BCUT2D eigenvalue weighted by Crippen LogP contribution is -1.98. The third-order valence-corrected chi connectivity index (χ3v) is 1.41. The summed E-state index contributed by atoms with van der Waals surface area (Å²) in [5.41, 5.74) is 6.21. The highest BCUT2D eigenvalue weighted by atomic mass is 16.3. The number of carbonyl (C=O) groups is 1. The first-order chi connectivity index (χ1) is 5.11. The summed E-state index contributed by atoms with van der Waals surface area (Å²) in [6.07, 6.45) is 0. The SMILES string of the molecule is CC(=O)c1ccc(O)cc1N. The highest BCUT2D eigenvalue weighted by Gasteiger charge is 2.03. The Labute approximate surface area is 64.5 Å². The minimum Gasteiger partial charge on any atom is -0.508 e. The summed E-state index contributed by atoms with van der Waals surface area (Å²) in [5.74, 6) is -0.0185. The standard InChI is InChI=1S/C8H9NO2/c1-5(10)7-3-2-6(11)4-8(7)9/h2-4,11H,9H2,1H3. The molecule has 3 N–H and O–H groups in total. The molecule has 1 rings (SSSR count). The molecule has 0 aliphatic carbocycles. The number of benzene rings is 1. The van der Waals surface area contributed by atoms with Gasteiger partial charge in [-0.05, 0) is 19.1 Å². The van der Waals surface area contributed by atoms with Crippen LogP contribution in [0.4, 0.5) is 5.69 Å². The van der Waals surface area contributed by atoms with Gasteiger partial charge in [0.1, 0.15) is 5.75 Å². The maximum atomic E-state index is 10.8. The molecule has 0 saturated heterocycles. The van der Waals surface area contributed by atoms with E-state index in [9.17, 15) is 4.79 Å². The van der Waals surface area contributed by atoms with Crippen LogP contribution in [-0.4, -0.2) is 10.9 Å². The zero-order valence-electron chi connectivity index (χ0n) is 6.16. The predicted molar refractivity (Wildman–Crippen MR) is 42.5 cm³/mol. The average molecular weight is 151 g/mol. The maximum Gasteiger partial charge on any atom is 0.161 e. The van der Waals surface area contributed by atoms with Crippen LogP contribution in [0.2, 0.25) is 0 Å². The lowest BCUT2D eigenvalue weighted by molar-refractivity contribution is 0.101. The van der Waals surface area contributed by atoms with Crippen LogP contribution < -0.4 is 5.73 Å². The summed E-state index contributed by atoms with van der Waals surface area (Å²) in [6, 6.07) is 4.30. The molecule has 11 heavy (non-hydrogen) atoms. The first-order valence-electron chi connectivity index (χ1n) is 3.20. The first kappa shape index (κ1) is 7.60. The van der Waals surface area contributed by atoms with Gasteiger partial charge in [-0.25, -0.2) is 0 Å². The monoisotopic (exact) mass is 151 g/mol. The van der Waals surface area contributed by atoms with Crippen molar-refractivity contribution in [2.75, 3.05) is 5.73 Å². The number of phenols is 1. The summed E-state index contributed by atoms with van der Waals surface area (Å²) in [7, 11) is 0. The zero-order chi connectivity index (χ0) is 8.43. The van der Waals surface area contributed by atoms with E-state index in [-0.39, 0.29) is 11.5 Å². The number of aromatic hydroxyl groups is 1. The Morgan fingerprint density at radius 1 is 1.55 bits per heavy atom. The molecule has 0 heterocycles. The van der Waals surface area contributed by atoms with E-state index in [2.05, 4.69) is 0 Å². The fraction of sp³-hybridized carbons (Fsp3) is 0.125. The van der Waals surface area contributed by atoms with Gasteiger partial charge in [-0.2, -0.15) is 0 Å². The van der Waals surface area contributed by atoms with Gasteiger partial charge in [-0.1, -0.05) is 0 Å². The van der Waals surface area contributed by atoms with Gasteiger partial charge in [0.05, 0.1) is 0 Å². The van der Waals surface area contributed by atoms with Crippen molar-refractivity contribution in [2.45, 2.75) is 6.92 Å². The third kappa shape index (κ3) is 1.49. The topological polar surface area (TPSA) is 63.3 Å². The number of nitrogen functional groups attached to an aromatic ring is 1. The molecule has 3 heteroatoms. The quantitative estimate of drug-likeness (QED) is 0.468. The van der Waals surface area contributed by atoms with Crippen LogP contribution in [0.5, 0.6) is 5.75 Å². The molecule has 3 nitrogen and oxygen atoms in total. The van der Waals surface area contributed by atoms with Gasteiger partial charge in [-0.3, -0.25) is 4.79 Å². The number of Topliss-reactive ketones (excluding diaryl/α,β-unsaturated/α-hetero) is 1. The Hall–Kier alpha value is -1.51. The van der Waals surface area contributed by atoms with Crippen LogP contribution in [0.25, 0.3) is 0 Å². The predicted octanol–water partition coefficient (Wildman–Crippen LogP) is 1.18. The van der Waals surface area contributed by atoms with Crippen molar-refractivity contribution in [3.05, 3.63) is 23.8 Å². The fourth-order valence-corrected chi connectivity index (χ4v) is 0.871. The lowest BCUT2D eigenvalue weighted by atomic mass is 10.1. The van der Waals surface area contributed by atoms with Crippen LogP contribution in [0.1, 0.15) is 17.3 Å². The van der Waals surface area contributed by atoms with Crippen LogP contribution in [0, 0.1) is 0 Å². The number of carbonyl (C=O) groups excluding carboxylic acids is 1. The third-order valence-electron chi connectivity index (χ3n) is 1.41. The molecule has 0 aromatic heterocycles. The summed E-state index contributed by atoms with van der Waals surface area (Å²) < 4.78 is 0. The lowest BCUT2D eigenvalue weighted by Gasteiger charge is -2.00. The second-order valence-corrected chi connectivity index (χ2v) is 2.33. The van der Waals surface area contributed by atoms with Crippen LogP contribution in [0.15, 0.2) is 18.2 Å². The Morgan fingerprint density at radius 3 is 2.64 bits per heavy atom. The number of phenolic OH excluding ortho intramolecular Hbond substituents is 1. The molecule has 0 unspecified atom stereocenters. The highest BCUT2D eigenvalue weighted by molar-refractivity contribution is 5.99. The van der Waals surface area contributed by atoms with E-state index < -0.39 is 0 Å². The largest absolute Gasteiger partial charge is 0.508 e. The van der Waals surface area contributed by atoms with Gasteiger partial charge < -0.3 is 10.8 Å². The molecule has 0 amide bonds. The zero-order valence-corrected chi connectivity index (χ0v) is 6.16.